The fraction of sp³-hybridized carbons (Fsp3) is 0.133. The molecule has 0 atom stereocenters. The van der Waals surface area contributed by atoms with Crippen LogP contribution in [-0.4, -0.2) is 33.7 Å². The molecule has 0 saturated heterocycles. The van der Waals surface area contributed by atoms with Crippen LogP contribution in [0.5, 0.6) is 5.75 Å². The maximum absolute atomic E-state index is 12.6. The molecule has 0 heterocycles. The van der Waals surface area contributed by atoms with Crippen molar-refractivity contribution in [1.82, 2.24) is 5.48 Å². The fourth-order valence-electron chi connectivity index (χ4n) is 1.93. The molecule has 1 amide bonds. The SMILES string of the molecule is COc1ccc(S(=O)(=O)N(C)c2ccc(C(=O)NO)cc2)cc1. The van der Waals surface area contributed by atoms with Gasteiger partial charge in [0.2, 0.25) is 0 Å². The minimum atomic E-state index is -3.73. The Kier molecular flexibility index (Phi) is 4.87. The summed E-state index contributed by atoms with van der Waals surface area (Å²) >= 11 is 0. The average molecular weight is 336 g/mol. The van der Waals surface area contributed by atoms with Gasteiger partial charge in [-0.3, -0.25) is 14.3 Å². The van der Waals surface area contributed by atoms with Gasteiger partial charge in [0, 0.05) is 12.6 Å². The number of hydroxylamine groups is 1. The highest BCUT2D eigenvalue weighted by atomic mass is 32.2. The monoisotopic (exact) mass is 336 g/mol. The van der Waals surface area contributed by atoms with Crippen molar-refractivity contribution in [2.24, 2.45) is 0 Å². The summed E-state index contributed by atoms with van der Waals surface area (Å²) in [5.74, 6) is -0.108. The quantitative estimate of drug-likeness (QED) is 0.639. The van der Waals surface area contributed by atoms with Crippen molar-refractivity contribution in [1.29, 1.82) is 0 Å². The zero-order valence-electron chi connectivity index (χ0n) is 12.6. The lowest BCUT2D eigenvalue weighted by atomic mass is 10.2. The molecule has 0 aliphatic rings. The maximum atomic E-state index is 12.6. The highest BCUT2D eigenvalue weighted by Crippen LogP contribution is 2.24. The topological polar surface area (TPSA) is 95.9 Å². The Balaban J connectivity index is 2.30. The van der Waals surface area contributed by atoms with Crippen LogP contribution in [0.15, 0.2) is 53.4 Å². The maximum Gasteiger partial charge on any atom is 0.274 e. The van der Waals surface area contributed by atoms with Gasteiger partial charge in [0.15, 0.2) is 0 Å². The van der Waals surface area contributed by atoms with Crippen molar-refractivity contribution < 1.29 is 23.2 Å². The van der Waals surface area contributed by atoms with Crippen LogP contribution in [0.2, 0.25) is 0 Å². The summed E-state index contributed by atoms with van der Waals surface area (Å²) in [6.45, 7) is 0. The number of carbonyl (C=O) groups excluding carboxylic acids is 1. The number of carbonyl (C=O) groups is 1. The van der Waals surface area contributed by atoms with Crippen LogP contribution >= 0.6 is 0 Å². The second-order valence-electron chi connectivity index (χ2n) is 4.64. The zero-order valence-corrected chi connectivity index (χ0v) is 13.4. The van der Waals surface area contributed by atoms with Crippen molar-refractivity contribution in [3.63, 3.8) is 0 Å². The molecule has 0 radical (unpaired) electrons. The highest BCUT2D eigenvalue weighted by Gasteiger charge is 2.21. The predicted octanol–water partition coefficient (Wildman–Crippen LogP) is 1.64. The molecule has 2 N–H and O–H groups in total. The molecule has 0 saturated carbocycles. The van der Waals surface area contributed by atoms with E-state index in [2.05, 4.69) is 0 Å². The third-order valence-corrected chi connectivity index (χ3v) is 5.11. The van der Waals surface area contributed by atoms with E-state index in [9.17, 15) is 13.2 Å². The van der Waals surface area contributed by atoms with Gasteiger partial charge in [0.05, 0.1) is 17.7 Å². The number of ether oxygens (including phenoxy) is 1. The van der Waals surface area contributed by atoms with E-state index >= 15 is 0 Å². The Hall–Kier alpha value is -2.58. The third-order valence-electron chi connectivity index (χ3n) is 3.31. The first kappa shape index (κ1) is 16.8. The van der Waals surface area contributed by atoms with Gasteiger partial charge in [-0.1, -0.05) is 0 Å². The average Bonchev–Trinajstić information content (AvgIpc) is 2.60. The fourth-order valence-corrected chi connectivity index (χ4v) is 3.13. The molecule has 8 heteroatoms. The zero-order chi connectivity index (χ0) is 17.0. The van der Waals surface area contributed by atoms with Gasteiger partial charge in [-0.2, -0.15) is 0 Å². The minimum Gasteiger partial charge on any atom is -0.497 e. The van der Waals surface area contributed by atoms with Gasteiger partial charge >= 0.3 is 0 Å². The molecule has 0 aliphatic heterocycles. The summed E-state index contributed by atoms with van der Waals surface area (Å²) < 4.78 is 31.3. The van der Waals surface area contributed by atoms with Crippen molar-refractivity contribution in [3.8, 4) is 5.75 Å². The normalized spacial score (nSPS) is 10.9. The number of anilines is 1. The lowest BCUT2D eigenvalue weighted by Crippen LogP contribution is -2.26. The molecule has 7 nitrogen and oxygen atoms in total. The van der Waals surface area contributed by atoms with Crippen LogP contribution in [0.4, 0.5) is 5.69 Å². The van der Waals surface area contributed by atoms with E-state index in [1.54, 1.807) is 12.1 Å². The molecule has 2 rings (SSSR count). The van der Waals surface area contributed by atoms with E-state index in [-0.39, 0.29) is 10.5 Å². The first-order valence-electron chi connectivity index (χ1n) is 6.57. The van der Waals surface area contributed by atoms with Gasteiger partial charge in [-0.25, -0.2) is 13.9 Å². The smallest absolute Gasteiger partial charge is 0.274 e. The molecule has 0 bridgehead atoms. The minimum absolute atomic E-state index is 0.123. The molecule has 0 fully saturated rings. The Bertz CT molecular complexity index is 786. The number of nitrogens with zero attached hydrogens (tertiary/aromatic N) is 1. The lowest BCUT2D eigenvalue weighted by molar-refractivity contribution is 0.0706. The summed E-state index contributed by atoms with van der Waals surface area (Å²) in [7, 11) is -0.811. The molecule has 0 spiro atoms. The molecule has 0 aromatic heterocycles. The molecule has 122 valence electrons. The van der Waals surface area contributed by atoms with Crippen LogP contribution < -0.4 is 14.5 Å². The van der Waals surface area contributed by atoms with E-state index in [1.165, 1.54) is 56.0 Å². The Morgan fingerprint density at radius 1 is 1.09 bits per heavy atom. The van der Waals surface area contributed by atoms with Gasteiger partial charge in [0.25, 0.3) is 15.9 Å². The number of hydrogen-bond donors (Lipinski definition) is 2. The molecule has 23 heavy (non-hydrogen) atoms. The standard InChI is InChI=1S/C15H16N2O5S/c1-17(12-5-3-11(4-6-12)15(18)16-19)23(20,21)14-9-7-13(22-2)8-10-14/h3-10,19H,1-2H3,(H,16,18). The number of hydrogen-bond acceptors (Lipinski definition) is 5. The molecular weight excluding hydrogens is 320 g/mol. The molecular formula is C15H16N2O5S. The summed E-state index contributed by atoms with van der Waals surface area (Å²) in [5, 5.41) is 8.57. The van der Waals surface area contributed by atoms with Crippen LogP contribution in [0.1, 0.15) is 10.4 Å². The van der Waals surface area contributed by atoms with Crippen molar-refractivity contribution in [2.75, 3.05) is 18.5 Å². The number of rotatable bonds is 5. The van der Waals surface area contributed by atoms with Crippen LogP contribution in [-0.2, 0) is 10.0 Å². The van der Waals surface area contributed by atoms with Gasteiger partial charge in [-0.15, -0.1) is 0 Å². The number of benzene rings is 2. The van der Waals surface area contributed by atoms with Gasteiger partial charge in [0.1, 0.15) is 5.75 Å². The van der Waals surface area contributed by atoms with Gasteiger partial charge in [-0.05, 0) is 48.5 Å². The third kappa shape index (κ3) is 3.43. The summed E-state index contributed by atoms with van der Waals surface area (Å²) in [4.78, 5) is 11.4. The van der Waals surface area contributed by atoms with Crippen molar-refractivity contribution >= 4 is 21.6 Å². The molecule has 2 aromatic rings. The highest BCUT2D eigenvalue weighted by molar-refractivity contribution is 7.92. The van der Waals surface area contributed by atoms with E-state index in [1.807, 2.05) is 0 Å². The largest absolute Gasteiger partial charge is 0.497 e. The van der Waals surface area contributed by atoms with E-state index in [0.29, 0.717) is 11.4 Å². The Morgan fingerprint density at radius 3 is 2.13 bits per heavy atom. The second-order valence-corrected chi connectivity index (χ2v) is 6.61. The van der Waals surface area contributed by atoms with Crippen molar-refractivity contribution in [3.05, 3.63) is 54.1 Å². The van der Waals surface area contributed by atoms with Crippen molar-refractivity contribution in [2.45, 2.75) is 4.90 Å². The van der Waals surface area contributed by atoms with E-state index in [0.717, 1.165) is 4.31 Å². The summed E-state index contributed by atoms with van der Waals surface area (Å²) in [6, 6.07) is 11.8. The number of sulfonamides is 1. The first-order chi connectivity index (χ1) is 10.9. The number of amides is 1. The van der Waals surface area contributed by atoms with Crippen LogP contribution in [0, 0.1) is 0 Å². The second kappa shape index (κ2) is 6.67. The summed E-state index contributed by atoms with van der Waals surface area (Å²) in [6.07, 6.45) is 0. The Morgan fingerprint density at radius 2 is 1.65 bits per heavy atom. The van der Waals surface area contributed by atoms with Crippen LogP contribution in [0.3, 0.4) is 0 Å². The lowest BCUT2D eigenvalue weighted by Gasteiger charge is -2.19. The Labute approximate surface area is 134 Å². The number of nitrogens with one attached hydrogen (secondary N) is 1. The van der Waals surface area contributed by atoms with E-state index in [4.69, 9.17) is 9.94 Å². The molecule has 2 aromatic carbocycles. The number of methoxy groups -OCH3 is 1. The van der Waals surface area contributed by atoms with Gasteiger partial charge < -0.3 is 4.74 Å². The van der Waals surface area contributed by atoms with Crippen LogP contribution in [0.25, 0.3) is 0 Å². The predicted molar refractivity (Wildman–Crippen MR) is 84.3 cm³/mol. The molecule has 0 aliphatic carbocycles. The first-order valence-corrected chi connectivity index (χ1v) is 8.01. The molecule has 0 unspecified atom stereocenters. The van der Waals surface area contributed by atoms with E-state index < -0.39 is 15.9 Å². The summed E-state index contributed by atoms with van der Waals surface area (Å²) in [5.41, 5.74) is 2.11.